The summed E-state index contributed by atoms with van der Waals surface area (Å²) in [5.41, 5.74) is 8.86. The number of aryl methyl sites for hydroxylation is 1. The van der Waals surface area contributed by atoms with Crippen LogP contribution in [0.2, 0.25) is 5.02 Å². The predicted molar refractivity (Wildman–Crippen MR) is 76.1 cm³/mol. The maximum Gasteiger partial charge on any atom is 0.124 e. The van der Waals surface area contributed by atoms with Gasteiger partial charge in [0.2, 0.25) is 0 Å². The molecule has 0 amide bonds. The monoisotopic (exact) mass is 272 g/mol. The lowest BCUT2D eigenvalue weighted by Crippen LogP contribution is -2.01. The molecule has 0 bridgehead atoms. The largest absolute Gasteiger partial charge is 0.489 e. The predicted octanol–water partition coefficient (Wildman–Crippen LogP) is 3.68. The van der Waals surface area contributed by atoms with E-state index in [4.69, 9.17) is 27.3 Å². The van der Waals surface area contributed by atoms with E-state index in [-0.39, 0.29) is 0 Å². The zero-order valence-electron chi connectivity index (χ0n) is 10.5. The number of nitrogens with zero attached hydrogens (tertiary/aromatic N) is 1. The average Bonchev–Trinajstić information content (AvgIpc) is 2.41. The fourth-order valence-electron chi connectivity index (χ4n) is 1.68. The van der Waals surface area contributed by atoms with Crippen molar-refractivity contribution in [1.29, 1.82) is 5.26 Å². The van der Waals surface area contributed by atoms with Crippen LogP contribution in [0.15, 0.2) is 36.4 Å². The lowest BCUT2D eigenvalue weighted by molar-refractivity contribution is 0.304. The number of nitrogens with two attached hydrogens (primary N) is 1. The Balaban J connectivity index is 2.19. The van der Waals surface area contributed by atoms with Crippen LogP contribution in [-0.4, -0.2) is 0 Å². The third kappa shape index (κ3) is 3.18. The van der Waals surface area contributed by atoms with Crippen LogP contribution >= 0.6 is 11.6 Å². The minimum atomic E-state index is 0.322. The van der Waals surface area contributed by atoms with Gasteiger partial charge in [0.15, 0.2) is 0 Å². The van der Waals surface area contributed by atoms with E-state index in [1.165, 1.54) is 0 Å². The molecular formula is C15H13ClN2O. The van der Waals surface area contributed by atoms with E-state index in [0.717, 1.165) is 11.1 Å². The van der Waals surface area contributed by atoms with E-state index in [9.17, 15) is 0 Å². The van der Waals surface area contributed by atoms with Crippen molar-refractivity contribution in [2.45, 2.75) is 13.5 Å². The Hall–Kier alpha value is -2.18. The van der Waals surface area contributed by atoms with Crippen molar-refractivity contribution >= 4 is 17.3 Å². The van der Waals surface area contributed by atoms with Crippen LogP contribution in [0.3, 0.4) is 0 Å². The first-order chi connectivity index (χ1) is 9.10. The molecule has 0 spiro atoms. The van der Waals surface area contributed by atoms with Gasteiger partial charge in [-0.1, -0.05) is 17.7 Å². The van der Waals surface area contributed by atoms with Crippen molar-refractivity contribution in [3.8, 4) is 11.8 Å². The second-order valence-electron chi connectivity index (χ2n) is 4.22. The number of hydrogen-bond donors (Lipinski definition) is 1. The Morgan fingerprint density at radius 2 is 2.05 bits per heavy atom. The molecule has 0 aliphatic rings. The van der Waals surface area contributed by atoms with E-state index < -0.39 is 0 Å². The Labute approximate surface area is 117 Å². The van der Waals surface area contributed by atoms with Crippen molar-refractivity contribution in [1.82, 2.24) is 0 Å². The maximum atomic E-state index is 8.88. The Kier molecular flexibility index (Phi) is 3.94. The van der Waals surface area contributed by atoms with Crippen LogP contribution < -0.4 is 10.5 Å². The van der Waals surface area contributed by atoms with Gasteiger partial charge >= 0.3 is 0 Å². The van der Waals surface area contributed by atoms with E-state index in [0.29, 0.717) is 28.6 Å². The molecule has 19 heavy (non-hydrogen) atoms. The first kappa shape index (κ1) is 13.3. The summed E-state index contributed by atoms with van der Waals surface area (Å²) >= 11 is 5.92. The summed E-state index contributed by atoms with van der Waals surface area (Å²) in [5.74, 6) is 0.679. The number of hydrogen-bond acceptors (Lipinski definition) is 3. The number of anilines is 1. The van der Waals surface area contributed by atoms with Crippen LogP contribution in [-0.2, 0) is 6.61 Å². The minimum absolute atomic E-state index is 0.322. The normalized spacial score (nSPS) is 9.95. The fraction of sp³-hybridized carbons (Fsp3) is 0.133. The second-order valence-corrected chi connectivity index (χ2v) is 4.66. The third-order valence-corrected chi connectivity index (χ3v) is 3.04. The Bertz CT molecular complexity index is 647. The van der Waals surface area contributed by atoms with E-state index in [2.05, 4.69) is 6.07 Å². The quantitative estimate of drug-likeness (QED) is 0.867. The summed E-state index contributed by atoms with van der Waals surface area (Å²) in [7, 11) is 0. The Morgan fingerprint density at radius 1 is 1.26 bits per heavy atom. The van der Waals surface area contributed by atoms with Crippen molar-refractivity contribution in [2.24, 2.45) is 0 Å². The standard InChI is InChI=1S/C15H13ClN2O/c1-10-2-3-11(8-17)6-15(10)19-9-12-7-13(16)4-5-14(12)18/h2-7H,9,18H2,1H3. The summed E-state index contributed by atoms with van der Waals surface area (Å²) in [4.78, 5) is 0. The van der Waals surface area contributed by atoms with Crippen molar-refractivity contribution in [3.63, 3.8) is 0 Å². The fourth-order valence-corrected chi connectivity index (χ4v) is 1.87. The molecule has 0 radical (unpaired) electrons. The number of ether oxygens (including phenoxy) is 1. The molecule has 3 nitrogen and oxygen atoms in total. The number of halogens is 1. The number of nitrogen functional groups attached to an aromatic ring is 1. The lowest BCUT2D eigenvalue weighted by atomic mass is 10.1. The molecule has 2 aromatic rings. The van der Waals surface area contributed by atoms with E-state index in [1.54, 1.807) is 30.3 Å². The first-order valence-corrected chi connectivity index (χ1v) is 6.15. The summed E-state index contributed by atoms with van der Waals surface area (Å²) in [6.07, 6.45) is 0. The van der Waals surface area contributed by atoms with Gasteiger partial charge in [0.25, 0.3) is 0 Å². The average molecular weight is 273 g/mol. The molecule has 0 unspecified atom stereocenters. The van der Waals surface area contributed by atoms with Gasteiger partial charge in [-0.25, -0.2) is 0 Å². The van der Waals surface area contributed by atoms with Crippen LogP contribution in [0.4, 0.5) is 5.69 Å². The van der Waals surface area contributed by atoms with Crippen molar-refractivity contribution in [3.05, 3.63) is 58.1 Å². The summed E-state index contributed by atoms with van der Waals surface area (Å²) in [5, 5.41) is 9.50. The second kappa shape index (κ2) is 5.64. The zero-order valence-corrected chi connectivity index (χ0v) is 11.2. The molecule has 96 valence electrons. The maximum absolute atomic E-state index is 8.88. The minimum Gasteiger partial charge on any atom is -0.489 e. The molecule has 2 rings (SSSR count). The molecule has 0 atom stereocenters. The molecule has 0 saturated heterocycles. The van der Waals surface area contributed by atoms with Gasteiger partial charge < -0.3 is 10.5 Å². The molecule has 4 heteroatoms. The van der Waals surface area contributed by atoms with Crippen LogP contribution in [0, 0.1) is 18.3 Å². The lowest BCUT2D eigenvalue weighted by Gasteiger charge is -2.11. The molecule has 2 aromatic carbocycles. The SMILES string of the molecule is Cc1ccc(C#N)cc1OCc1cc(Cl)ccc1N. The van der Waals surface area contributed by atoms with E-state index in [1.807, 2.05) is 13.0 Å². The van der Waals surface area contributed by atoms with Crippen LogP contribution in [0.25, 0.3) is 0 Å². The smallest absolute Gasteiger partial charge is 0.124 e. The number of benzene rings is 2. The molecule has 2 N–H and O–H groups in total. The third-order valence-electron chi connectivity index (χ3n) is 2.81. The molecular weight excluding hydrogens is 260 g/mol. The molecule has 0 aromatic heterocycles. The van der Waals surface area contributed by atoms with Gasteiger partial charge in [0.05, 0.1) is 11.6 Å². The molecule has 0 heterocycles. The van der Waals surface area contributed by atoms with Crippen LogP contribution in [0.1, 0.15) is 16.7 Å². The zero-order chi connectivity index (χ0) is 13.8. The molecule has 0 fully saturated rings. The highest BCUT2D eigenvalue weighted by Crippen LogP contribution is 2.23. The first-order valence-electron chi connectivity index (χ1n) is 5.77. The van der Waals surface area contributed by atoms with Crippen molar-refractivity contribution < 1.29 is 4.74 Å². The topological polar surface area (TPSA) is 59.0 Å². The van der Waals surface area contributed by atoms with Gasteiger partial charge in [0.1, 0.15) is 12.4 Å². The number of nitriles is 1. The van der Waals surface area contributed by atoms with Crippen LogP contribution in [0.5, 0.6) is 5.75 Å². The highest BCUT2D eigenvalue weighted by molar-refractivity contribution is 6.30. The highest BCUT2D eigenvalue weighted by Gasteiger charge is 2.05. The van der Waals surface area contributed by atoms with Gasteiger partial charge in [-0.05, 0) is 42.8 Å². The summed E-state index contributed by atoms with van der Waals surface area (Å²) in [6, 6.07) is 12.7. The summed E-state index contributed by atoms with van der Waals surface area (Å²) < 4.78 is 5.71. The van der Waals surface area contributed by atoms with Gasteiger partial charge in [-0.2, -0.15) is 5.26 Å². The number of rotatable bonds is 3. The van der Waals surface area contributed by atoms with Gasteiger partial charge in [-0.3, -0.25) is 0 Å². The van der Waals surface area contributed by atoms with E-state index >= 15 is 0 Å². The highest BCUT2D eigenvalue weighted by atomic mass is 35.5. The molecule has 0 aliphatic carbocycles. The van der Waals surface area contributed by atoms with Crippen molar-refractivity contribution in [2.75, 3.05) is 5.73 Å². The Morgan fingerprint density at radius 3 is 2.79 bits per heavy atom. The summed E-state index contributed by atoms with van der Waals surface area (Å²) in [6.45, 7) is 2.25. The van der Waals surface area contributed by atoms with Gasteiger partial charge in [0, 0.05) is 16.3 Å². The molecule has 0 aliphatic heterocycles. The van der Waals surface area contributed by atoms with Gasteiger partial charge in [-0.15, -0.1) is 0 Å². The molecule has 0 saturated carbocycles.